The van der Waals surface area contributed by atoms with Crippen molar-refractivity contribution in [3.05, 3.63) is 0 Å². The smallest absolute Gasteiger partial charge is 0.0712 e. The van der Waals surface area contributed by atoms with Gasteiger partial charge in [0.15, 0.2) is 0 Å². The molecule has 0 aliphatic heterocycles. The zero-order valence-electron chi connectivity index (χ0n) is 17.4. The number of rotatable bonds is 18. The maximum atomic E-state index is 6.04. The van der Waals surface area contributed by atoms with E-state index in [2.05, 4.69) is 41.5 Å². The van der Waals surface area contributed by atoms with Crippen molar-refractivity contribution < 1.29 is 9.47 Å². The molecule has 0 saturated carbocycles. The molecule has 25 heavy (non-hydrogen) atoms. The molecule has 0 fully saturated rings. The summed E-state index contributed by atoms with van der Waals surface area (Å²) in [5.74, 6) is 2.45. The lowest BCUT2D eigenvalue weighted by Crippen LogP contribution is -2.32. The minimum atomic E-state index is -0.694. The van der Waals surface area contributed by atoms with Crippen molar-refractivity contribution >= 4 is 49.0 Å². The maximum absolute atomic E-state index is 6.04. The largest absolute Gasteiger partial charge is 0.382 e. The van der Waals surface area contributed by atoms with Crippen LogP contribution in [0.3, 0.4) is 0 Å². The summed E-state index contributed by atoms with van der Waals surface area (Å²) in [6.45, 7) is 15.4. The van der Waals surface area contributed by atoms with Crippen LogP contribution in [0.2, 0.25) is 24.2 Å². The fraction of sp³-hybridized carbons (Fsp3) is 1.00. The summed E-state index contributed by atoms with van der Waals surface area (Å²) >= 11 is 0. The van der Waals surface area contributed by atoms with Gasteiger partial charge < -0.3 is 9.47 Å². The van der Waals surface area contributed by atoms with Gasteiger partial charge in [-0.1, -0.05) is 73.5 Å². The van der Waals surface area contributed by atoms with Gasteiger partial charge >= 0.3 is 0 Å². The van der Waals surface area contributed by atoms with Crippen molar-refractivity contribution in [2.24, 2.45) is 0 Å². The van der Waals surface area contributed by atoms with Gasteiger partial charge in [-0.05, 0) is 36.5 Å². The molecular weight excluding hydrogens is 401 g/mol. The summed E-state index contributed by atoms with van der Waals surface area (Å²) in [4.78, 5) is 0. The standard InChI is InChI=1S/C18H42O2S3Si2/c1-7-19-17(24(9-3)10-4)13-15-21-23-22-16-14-18(20-8-2)25(11-5)12-6/h17-18,24-25H,7-16H2,1-6H3. The van der Waals surface area contributed by atoms with Crippen LogP contribution in [0.15, 0.2) is 0 Å². The highest BCUT2D eigenvalue weighted by molar-refractivity contribution is 9.09. The van der Waals surface area contributed by atoms with E-state index in [1.54, 1.807) is 0 Å². The van der Waals surface area contributed by atoms with Crippen LogP contribution in [-0.4, -0.2) is 53.8 Å². The first kappa shape index (κ1) is 26.4. The second-order valence-corrected chi connectivity index (χ2v) is 18.7. The van der Waals surface area contributed by atoms with Crippen LogP contribution < -0.4 is 0 Å². The zero-order chi connectivity index (χ0) is 18.9. The third-order valence-electron chi connectivity index (χ3n) is 4.98. The van der Waals surface area contributed by atoms with E-state index in [0.717, 1.165) is 13.2 Å². The third kappa shape index (κ3) is 12.5. The lowest BCUT2D eigenvalue weighted by Gasteiger charge is -2.24. The van der Waals surface area contributed by atoms with Crippen molar-refractivity contribution in [1.82, 2.24) is 0 Å². The van der Waals surface area contributed by atoms with E-state index in [-0.39, 0.29) is 0 Å². The molecule has 0 N–H and O–H groups in total. The monoisotopic (exact) mass is 442 g/mol. The Bertz CT molecular complexity index is 255. The number of hydrogen-bond acceptors (Lipinski definition) is 5. The molecule has 0 aromatic heterocycles. The van der Waals surface area contributed by atoms with Crippen LogP contribution in [0.25, 0.3) is 0 Å². The molecule has 2 atom stereocenters. The highest BCUT2D eigenvalue weighted by Gasteiger charge is 2.21. The van der Waals surface area contributed by atoms with Gasteiger partial charge in [0.1, 0.15) is 0 Å². The summed E-state index contributed by atoms with van der Waals surface area (Å²) in [6, 6.07) is 5.47. The molecule has 0 radical (unpaired) electrons. The molecule has 0 spiro atoms. The minimum absolute atomic E-state index is 0.585. The van der Waals surface area contributed by atoms with Gasteiger partial charge in [0.25, 0.3) is 0 Å². The quantitative estimate of drug-likeness (QED) is 0.142. The first-order chi connectivity index (χ1) is 12.2. The molecule has 0 aromatic carbocycles. The normalized spacial score (nSPS) is 14.4. The number of hydrogen-bond donors (Lipinski definition) is 0. The van der Waals surface area contributed by atoms with Gasteiger partial charge in [0.2, 0.25) is 0 Å². The van der Waals surface area contributed by atoms with E-state index in [1.807, 2.05) is 31.4 Å². The molecule has 0 rings (SSSR count). The van der Waals surface area contributed by atoms with Crippen molar-refractivity contribution in [2.75, 3.05) is 24.7 Å². The van der Waals surface area contributed by atoms with Crippen LogP contribution >= 0.6 is 31.4 Å². The molecule has 0 saturated heterocycles. The Labute approximate surface area is 172 Å². The van der Waals surface area contributed by atoms with E-state index in [0.29, 0.717) is 11.5 Å². The lowest BCUT2D eigenvalue weighted by molar-refractivity contribution is 0.111. The minimum Gasteiger partial charge on any atom is -0.382 e. The lowest BCUT2D eigenvalue weighted by atomic mass is 10.5. The molecule has 0 amide bonds. The Kier molecular flexibility index (Phi) is 19.8. The van der Waals surface area contributed by atoms with Crippen molar-refractivity contribution in [3.8, 4) is 0 Å². The second-order valence-electron chi connectivity index (χ2n) is 6.43. The van der Waals surface area contributed by atoms with Crippen LogP contribution in [0, 0.1) is 0 Å². The Balaban J connectivity index is 3.92. The van der Waals surface area contributed by atoms with E-state index in [1.165, 1.54) is 48.5 Å². The molecule has 0 heterocycles. The van der Waals surface area contributed by atoms with Gasteiger partial charge in [-0.25, -0.2) is 0 Å². The van der Waals surface area contributed by atoms with E-state index in [4.69, 9.17) is 9.47 Å². The van der Waals surface area contributed by atoms with Crippen molar-refractivity contribution in [3.63, 3.8) is 0 Å². The molecule has 0 bridgehead atoms. The molecule has 152 valence electrons. The molecule has 0 aliphatic rings. The molecule has 2 nitrogen and oxygen atoms in total. The molecule has 0 aromatic rings. The van der Waals surface area contributed by atoms with Gasteiger partial charge in [-0.15, -0.1) is 0 Å². The third-order valence-corrected chi connectivity index (χ3v) is 16.6. The summed E-state index contributed by atoms with van der Waals surface area (Å²) in [5.41, 5.74) is 1.17. The van der Waals surface area contributed by atoms with E-state index >= 15 is 0 Å². The van der Waals surface area contributed by atoms with Crippen molar-refractivity contribution in [1.29, 1.82) is 0 Å². The second kappa shape index (κ2) is 18.8. The Morgan fingerprint density at radius 2 is 1.00 bits per heavy atom. The average molecular weight is 443 g/mol. The fourth-order valence-electron chi connectivity index (χ4n) is 3.40. The van der Waals surface area contributed by atoms with Gasteiger partial charge in [0.05, 0.1) is 17.6 Å². The molecular formula is C18H42O2S3Si2. The van der Waals surface area contributed by atoms with E-state index in [9.17, 15) is 0 Å². The molecule has 7 heteroatoms. The van der Waals surface area contributed by atoms with E-state index < -0.39 is 17.6 Å². The summed E-state index contributed by atoms with van der Waals surface area (Å²) in [7, 11) is 4.64. The van der Waals surface area contributed by atoms with Gasteiger partial charge in [0, 0.05) is 36.2 Å². The molecule has 0 aliphatic carbocycles. The highest BCUT2D eigenvalue weighted by Crippen LogP contribution is 2.36. The van der Waals surface area contributed by atoms with Crippen molar-refractivity contribution in [2.45, 2.75) is 90.0 Å². The van der Waals surface area contributed by atoms with Crippen LogP contribution in [-0.2, 0) is 9.47 Å². The highest BCUT2D eigenvalue weighted by atomic mass is 33.5. The predicted octanol–water partition coefficient (Wildman–Crippen LogP) is 6.22. The topological polar surface area (TPSA) is 18.5 Å². The van der Waals surface area contributed by atoms with Crippen LogP contribution in [0.5, 0.6) is 0 Å². The zero-order valence-corrected chi connectivity index (χ0v) is 22.2. The van der Waals surface area contributed by atoms with Crippen LogP contribution in [0.4, 0.5) is 0 Å². The summed E-state index contributed by atoms with van der Waals surface area (Å²) < 4.78 is 12.1. The number of ether oxygens (including phenoxy) is 2. The first-order valence-corrected chi connectivity index (χ1v) is 18.7. The molecule has 2 unspecified atom stereocenters. The summed E-state index contributed by atoms with van der Waals surface area (Å²) in [6.07, 6.45) is 2.49. The SMILES string of the molecule is CCOC(CCSSSCCC(OCC)[SiH](CC)CC)[SiH](CC)CC. The average Bonchev–Trinajstić information content (AvgIpc) is 2.62. The van der Waals surface area contributed by atoms with Crippen LogP contribution in [0.1, 0.15) is 54.4 Å². The first-order valence-electron chi connectivity index (χ1n) is 10.3. The Morgan fingerprint density at radius 1 is 0.640 bits per heavy atom. The maximum Gasteiger partial charge on any atom is 0.0712 e. The predicted molar refractivity (Wildman–Crippen MR) is 129 cm³/mol. The fourth-order valence-corrected chi connectivity index (χ4v) is 13.2. The van der Waals surface area contributed by atoms with Gasteiger partial charge in [-0.2, -0.15) is 0 Å². The Hall–Kier alpha value is 1.40. The summed E-state index contributed by atoms with van der Waals surface area (Å²) in [5, 5.41) is 0. The van der Waals surface area contributed by atoms with Gasteiger partial charge in [-0.3, -0.25) is 0 Å². The Morgan fingerprint density at radius 3 is 1.28 bits per heavy atom.